The third-order valence-corrected chi connectivity index (χ3v) is 3.91. The summed E-state index contributed by atoms with van der Waals surface area (Å²) in [5.41, 5.74) is 0.575. The van der Waals surface area contributed by atoms with E-state index in [2.05, 4.69) is 5.32 Å². The van der Waals surface area contributed by atoms with E-state index in [9.17, 15) is 24.5 Å². The van der Waals surface area contributed by atoms with Crippen molar-refractivity contribution >= 4 is 40.6 Å². The summed E-state index contributed by atoms with van der Waals surface area (Å²) in [6.45, 7) is 2.80. The van der Waals surface area contributed by atoms with Gasteiger partial charge in [0.1, 0.15) is 0 Å². The molecule has 0 aliphatic heterocycles. The van der Waals surface area contributed by atoms with Gasteiger partial charge >= 0.3 is 5.97 Å². The van der Waals surface area contributed by atoms with Crippen LogP contribution in [0, 0.1) is 10.1 Å². The molecule has 0 spiro atoms. The molecule has 0 aliphatic carbocycles. The van der Waals surface area contributed by atoms with Crippen molar-refractivity contribution in [2.24, 2.45) is 0 Å². The molecule has 1 atom stereocenters. The summed E-state index contributed by atoms with van der Waals surface area (Å²) < 4.78 is 5.05. The second kappa shape index (κ2) is 8.41. The van der Waals surface area contributed by atoms with E-state index in [4.69, 9.17) is 16.3 Å². The Hall–Kier alpha value is -3.26. The summed E-state index contributed by atoms with van der Waals surface area (Å²) in [7, 11) is 0. The number of amides is 1. The number of carbonyl (C=O) groups is 3. The second-order valence-corrected chi connectivity index (χ2v) is 6.00. The fraction of sp³-hybridized carbons (Fsp3) is 0.167. The van der Waals surface area contributed by atoms with Gasteiger partial charge in [-0.1, -0.05) is 11.6 Å². The van der Waals surface area contributed by atoms with Crippen molar-refractivity contribution in [3.8, 4) is 0 Å². The molecule has 27 heavy (non-hydrogen) atoms. The lowest BCUT2D eigenvalue weighted by Crippen LogP contribution is -2.30. The molecule has 1 amide bonds. The molecule has 0 fully saturated rings. The molecule has 2 aromatic carbocycles. The number of rotatable bonds is 6. The summed E-state index contributed by atoms with van der Waals surface area (Å²) >= 11 is 5.87. The number of anilines is 1. The van der Waals surface area contributed by atoms with Crippen LogP contribution in [0.1, 0.15) is 34.6 Å². The smallest absolute Gasteiger partial charge is 0.340 e. The Balaban J connectivity index is 2.02. The molecule has 8 nitrogen and oxygen atoms in total. The van der Waals surface area contributed by atoms with Crippen molar-refractivity contribution in [1.82, 2.24) is 0 Å². The van der Waals surface area contributed by atoms with Crippen LogP contribution >= 0.6 is 11.6 Å². The predicted molar refractivity (Wildman–Crippen MR) is 98.1 cm³/mol. The summed E-state index contributed by atoms with van der Waals surface area (Å²) in [5.74, 6) is -1.57. The number of nitrogens with zero attached hydrogens (tertiary/aromatic N) is 1. The molecular weight excluding hydrogens is 376 g/mol. The van der Waals surface area contributed by atoms with Crippen LogP contribution in [0.15, 0.2) is 42.5 Å². The molecule has 0 aliphatic rings. The molecule has 0 bridgehead atoms. The molecular formula is C18H15ClN2O6. The predicted octanol–water partition coefficient (Wildman–Crippen LogP) is 3.63. The van der Waals surface area contributed by atoms with Crippen molar-refractivity contribution < 1.29 is 24.0 Å². The van der Waals surface area contributed by atoms with Crippen LogP contribution in [0.4, 0.5) is 11.4 Å². The van der Waals surface area contributed by atoms with Crippen LogP contribution < -0.4 is 5.32 Å². The third kappa shape index (κ3) is 5.11. The van der Waals surface area contributed by atoms with E-state index in [1.807, 2.05) is 0 Å². The number of ether oxygens (including phenoxy) is 1. The zero-order valence-corrected chi connectivity index (χ0v) is 15.1. The molecule has 0 saturated carbocycles. The summed E-state index contributed by atoms with van der Waals surface area (Å²) in [4.78, 5) is 45.6. The van der Waals surface area contributed by atoms with Crippen LogP contribution in [0.3, 0.4) is 0 Å². The monoisotopic (exact) mass is 390 g/mol. The SMILES string of the molecule is CC(=O)c1ccc(NC(=O)[C@@H](C)OC(=O)c2ccc([N+](=O)[O-])cc2Cl)cc1. The highest BCUT2D eigenvalue weighted by molar-refractivity contribution is 6.33. The zero-order valence-electron chi connectivity index (χ0n) is 14.4. The van der Waals surface area contributed by atoms with Gasteiger partial charge in [0.15, 0.2) is 11.9 Å². The molecule has 140 valence electrons. The van der Waals surface area contributed by atoms with Crippen LogP contribution in [0.25, 0.3) is 0 Å². The minimum Gasteiger partial charge on any atom is -0.449 e. The van der Waals surface area contributed by atoms with Gasteiger partial charge in [-0.2, -0.15) is 0 Å². The number of nitrogens with one attached hydrogen (secondary N) is 1. The average molecular weight is 391 g/mol. The van der Waals surface area contributed by atoms with Gasteiger partial charge in [-0.25, -0.2) is 4.79 Å². The maximum atomic E-state index is 12.1. The lowest BCUT2D eigenvalue weighted by Gasteiger charge is -2.14. The normalized spacial score (nSPS) is 11.4. The van der Waals surface area contributed by atoms with Crippen LogP contribution in [-0.4, -0.2) is 28.7 Å². The van der Waals surface area contributed by atoms with Gasteiger partial charge in [0, 0.05) is 23.4 Å². The van der Waals surface area contributed by atoms with Crippen molar-refractivity contribution in [1.29, 1.82) is 0 Å². The number of halogens is 1. The topological polar surface area (TPSA) is 116 Å². The molecule has 2 aromatic rings. The quantitative estimate of drug-likeness (QED) is 0.348. The van der Waals surface area contributed by atoms with Gasteiger partial charge in [0.25, 0.3) is 11.6 Å². The fourth-order valence-electron chi connectivity index (χ4n) is 2.09. The number of ketones is 1. The van der Waals surface area contributed by atoms with E-state index in [-0.39, 0.29) is 22.1 Å². The Bertz CT molecular complexity index is 911. The van der Waals surface area contributed by atoms with E-state index in [1.54, 1.807) is 24.3 Å². The largest absolute Gasteiger partial charge is 0.449 e. The highest BCUT2D eigenvalue weighted by Crippen LogP contribution is 2.23. The number of nitro groups is 1. The Labute approximate surface area is 159 Å². The lowest BCUT2D eigenvalue weighted by atomic mass is 10.1. The maximum absolute atomic E-state index is 12.1. The van der Waals surface area contributed by atoms with Gasteiger partial charge in [-0.15, -0.1) is 0 Å². The molecule has 0 aromatic heterocycles. The van der Waals surface area contributed by atoms with Crippen molar-refractivity contribution in [2.45, 2.75) is 20.0 Å². The van der Waals surface area contributed by atoms with Crippen LogP contribution in [0.2, 0.25) is 5.02 Å². The summed E-state index contributed by atoms with van der Waals surface area (Å²) in [5, 5.41) is 13.1. The van der Waals surface area contributed by atoms with E-state index in [0.717, 1.165) is 18.2 Å². The standard InChI is InChI=1S/C18H15ClN2O6/c1-10(22)12-3-5-13(6-4-12)20-17(23)11(2)27-18(24)15-8-7-14(21(25)26)9-16(15)19/h3-9,11H,1-2H3,(H,20,23)/t11-/m1/s1. The number of benzene rings is 2. The number of non-ortho nitro benzene ring substituents is 1. The van der Waals surface area contributed by atoms with Crippen LogP contribution in [-0.2, 0) is 9.53 Å². The first kappa shape index (κ1) is 20.1. The van der Waals surface area contributed by atoms with Gasteiger partial charge < -0.3 is 10.1 Å². The van der Waals surface area contributed by atoms with E-state index in [1.165, 1.54) is 13.8 Å². The molecule has 0 saturated heterocycles. The number of esters is 1. The molecule has 0 heterocycles. The third-order valence-electron chi connectivity index (χ3n) is 3.60. The van der Waals surface area contributed by atoms with Gasteiger partial charge in [0.05, 0.1) is 15.5 Å². The van der Waals surface area contributed by atoms with Crippen molar-refractivity contribution in [3.05, 3.63) is 68.7 Å². The van der Waals surface area contributed by atoms with Crippen LogP contribution in [0.5, 0.6) is 0 Å². The number of Topliss-reactive ketones (excluding diaryl/α,β-unsaturated/α-hetero) is 1. The first-order valence-corrected chi connectivity index (χ1v) is 8.13. The molecule has 1 N–H and O–H groups in total. The Morgan fingerprint density at radius 2 is 1.78 bits per heavy atom. The summed E-state index contributed by atoms with van der Waals surface area (Å²) in [6.07, 6.45) is -1.14. The van der Waals surface area contributed by atoms with Gasteiger partial charge in [0.2, 0.25) is 0 Å². The molecule has 9 heteroatoms. The first-order valence-electron chi connectivity index (χ1n) is 7.76. The van der Waals surface area contributed by atoms with Gasteiger partial charge in [-0.05, 0) is 44.2 Å². The first-order chi connectivity index (χ1) is 12.7. The fourth-order valence-corrected chi connectivity index (χ4v) is 2.34. The van der Waals surface area contributed by atoms with E-state index in [0.29, 0.717) is 11.3 Å². The Morgan fingerprint density at radius 1 is 1.15 bits per heavy atom. The van der Waals surface area contributed by atoms with E-state index < -0.39 is 22.9 Å². The lowest BCUT2D eigenvalue weighted by molar-refractivity contribution is -0.384. The number of hydrogen-bond acceptors (Lipinski definition) is 6. The minimum absolute atomic E-state index is 0.0901. The number of carbonyl (C=O) groups excluding carboxylic acids is 3. The Morgan fingerprint density at radius 3 is 2.30 bits per heavy atom. The molecule has 0 radical (unpaired) electrons. The highest BCUT2D eigenvalue weighted by atomic mass is 35.5. The van der Waals surface area contributed by atoms with Crippen molar-refractivity contribution in [2.75, 3.05) is 5.32 Å². The Kier molecular flexibility index (Phi) is 6.25. The minimum atomic E-state index is -1.14. The molecule has 2 rings (SSSR count). The van der Waals surface area contributed by atoms with Crippen molar-refractivity contribution in [3.63, 3.8) is 0 Å². The van der Waals surface area contributed by atoms with E-state index >= 15 is 0 Å². The summed E-state index contributed by atoms with van der Waals surface area (Å²) in [6, 6.07) is 9.53. The average Bonchev–Trinajstić information content (AvgIpc) is 2.61. The zero-order chi connectivity index (χ0) is 20.1. The highest BCUT2D eigenvalue weighted by Gasteiger charge is 2.22. The molecule has 0 unspecified atom stereocenters. The number of nitro benzene ring substituents is 1. The second-order valence-electron chi connectivity index (χ2n) is 5.59. The number of hydrogen-bond donors (Lipinski definition) is 1. The van der Waals surface area contributed by atoms with Gasteiger partial charge in [-0.3, -0.25) is 19.7 Å². The maximum Gasteiger partial charge on any atom is 0.340 e.